The predicted molar refractivity (Wildman–Crippen MR) is 116 cm³/mol. The standard InChI is InChI=1S/C23H21Cl2NO3/c1-3-29-23(28)20-15(2)26(13-12-16-8-5-4-6-9-16)22(27)18(20)14-17-10-7-11-19(24)21(17)25/h4-11,14H,3,12-13H2,1-2H3/b18-14-. The van der Waals surface area contributed by atoms with Gasteiger partial charge in [0.1, 0.15) is 0 Å². The van der Waals surface area contributed by atoms with Crippen LogP contribution in [0.4, 0.5) is 0 Å². The average Bonchev–Trinajstić information content (AvgIpc) is 2.94. The quantitative estimate of drug-likeness (QED) is 0.462. The minimum atomic E-state index is -0.523. The van der Waals surface area contributed by atoms with Gasteiger partial charge in [-0.1, -0.05) is 65.7 Å². The third-order valence-electron chi connectivity index (χ3n) is 4.74. The van der Waals surface area contributed by atoms with Crippen LogP contribution in [0.5, 0.6) is 0 Å². The number of hydrogen-bond donors (Lipinski definition) is 0. The van der Waals surface area contributed by atoms with E-state index in [2.05, 4.69) is 0 Å². The first-order chi connectivity index (χ1) is 13.9. The second-order valence-electron chi connectivity index (χ2n) is 6.57. The van der Waals surface area contributed by atoms with Crippen LogP contribution in [0.25, 0.3) is 6.08 Å². The van der Waals surface area contributed by atoms with Gasteiger partial charge in [-0.05, 0) is 43.5 Å². The first-order valence-electron chi connectivity index (χ1n) is 9.34. The van der Waals surface area contributed by atoms with E-state index in [-0.39, 0.29) is 23.7 Å². The highest BCUT2D eigenvalue weighted by Crippen LogP contribution is 2.34. The van der Waals surface area contributed by atoms with Crippen LogP contribution in [0, 0.1) is 0 Å². The van der Waals surface area contributed by atoms with Crippen LogP contribution in [0.2, 0.25) is 10.0 Å². The van der Waals surface area contributed by atoms with Gasteiger partial charge in [-0.2, -0.15) is 0 Å². The number of rotatable bonds is 6. The van der Waals surface area contributed by atoms with Gasteiger partial charge < -0.3 is 9.64 Å². The van der Waals surface area contributed by atoms with Crippen LogP contribution in [0.15, 0.2) is 65.4 Å². The molecule has 0 aromatic heterocycles. The SMILES string of the molecule is CCOC(=O)C1=C(C)N(CCc2ccccc2)C(=O)/C1=C\c1cccc(Cl)c1Cl. The van der Waals surface area contributed by atoms with Gasteiger partial charge in [-0.25, -0.2) is 4.79 Å². The molecule has 0 unspecified atom stereocenters. The van der Waals surface area contributed by atoms with E-state index in [1.807, 2.05) is 30.3 Å². The summed E-state index contributed by atoms with van der Waals surface area (Å²) in [5, 5.41) is 0.712. The second-order valence-corrected chi connectivity index (χ2v) is 7.36. The van der Waals surface area contributed by atoms with Crippen LogP contribution in [0.1, 0.15) is 25.0 Å². The van der Waals surface area contributed by atoms with Gasteiger partial charge >= 0.3 is 5.97 Å². The third kappa shape index (κ3) is 4.55. The highest BCUT2D eigenvalue weighted by molar-refractivity contribution is 6.43. The molecule has 0 fully saturated rings. The van der Waals surface area contributed by atoms with Crippen molar-refractivity contribution < 1.29 is 14.3 Å². The number of amides is 1. The highest BCUT2D eigenvalue weighted by Gasteiger charge is 2.37. The Morgan fingerprint density at radius 3 is 2.52 bits per heavy atom. The number of allylic oxidation sites excluding steroid dienone is 1. The molecule has 2 aromatic rings. The van der Waals surface area contributed by atoms with Crippen LogP contribution >= 0.6 is 23.2 Å². The molecule has 0 aliphatic carbocycles. The van der Waals surface area contributed by atoms with Crippen molar-refractivity contribution >= 4 is 41.2 Å². The number of nitrogens with zero attached hydrogens (tertiary/aromatic N) is 1. The predicted octanol–water partition coefficient (Wildman–Crippen LogP) is 5.30. The lowest BCUT2D eigenvalue weighted by atomic mass is 10.0. The summed E-state index contributed by atoms with van der Waals surface area (Å²) < 4.78 is 5.20. The molecular weight excluding hydrogens is 409 g/mol. The lowest BCUT2D eigenvalue weighted by Gasteiger charge is -2.17. The van der Waals surface area contributed by atoms with Crippen molar-refractivity contribution in [2.75, 3.05) is 13.2 Å². The fraction of sp³-hybridized carbons (Fsp3) is 0.217. The topological polar surface area (TPSA) is 46.6 Å². The number of ether oxygens (including phenoxy) is 1. The fourth-order valence-corrected chi connectivity index (χ4v) is 3.63. The molecule has 4 nitrogen and oxygen atoms in total. The Morgan fingerprint density at radius 2 is 1.83 bits per heavy atom. The van der Waals surface area contributed by atoms with E-state index in [0.29, 0.717) is 34.3 Å². The van der Waals surface area contributed by atoms with Crippen molar-refractivity contribution in [3.05, 3.63) is 86.5 Å². The maximum Gasteiger partial charge on any atom is 0.340 e. The third-order valence-corrected chi connectivity index (χ3v) is 5.57. The molecule has 3 rings (SSSR count). The second kappa shape index (κ2) is 9.29. The van der Waals surface area contributed by atoms with E-state index < -0.39 is 5.97 Å². The summed E-state index contributed by atoms with van der Waals surface area (Å²) in [5.74, 6) is -0.775. The first-order valence-corrected chi connectivity index (χ1v) is 10.1. The van der Waals surface area contributed by atoms with Crippen molar-refractivity contribution in [3.63, 3.8) is 0 Å². The van der Waals surface area contributed by atoms with Crippen LogP contribution in [-0.4, -0.2) is 29.9 Å². The zero-order chi connectivity index (χ0) is 21.0. The number of carbonyl (C=O) groups is 2. The number of benzene rings is 2. The molecule has 6 heteroatoms. The molecule has 1 amide bonds. The lowest BCUT2D eigenvalue weighted by Crippen LogP contribution is -2.27. The van der Waals surface area contributed by atoms with Gasteiger partial charge in [-0.3, -0.25) is 4.79 Å². The normalized spacial score (nSPS) is 15.4. The summed E-state index contributed by atoms with van der Waals surface area (Å²) in [5.41, 5.74) is 2.79. The summed E-state index contributed by atoms with van der Waals surface area (Å²) in [6.07, 6.45) is 2.28. The molecular formula is C23H21Cl2NO3. The molecule has 0 spiro atoms. The Hall–Kier alpha value is -2.56. The van der Waals surface area contributed by atoms with E-state index in [4.69, 9.17) is 27.9 Å². The molecule has 1 heterocycles. The van der Waals surface area contributed by atoms with Crippen LogP contribution < -0.4 is 0 Å². The molecule has 0 N–H and O–H groups in total. The number of hydrogen-bond acceptors (Lipinski definition) is 3. The molecule has 0 bridgehead atoms. The lowest BCUT2D eigenvalue weighted by molar-refractivity contribution is -0.138. The maximum atomic E-state index is 13.2. The van der Waals surface area contributed by atoms with Crippen LogP contribution in [-0.2, 0) is 20.7 Å². The Morgan fingerprint density at radius 1 is 1.10 bits per heavy atom. The van der Waals surface area contributed by atoms with E-state index >= 15 is 0 Å². The summed E-state index contributed by atoms with van der Waals surface area (Å²) in [6, 6.07) is 15.0. The van der Waals surface area contributed by atoms with Gasteiger partial charge in [0.15, 0.2) is 0 Å². The van der Waals surface area contributed by atoms with Crippen molar-refractivity contribution in [2.24, 2.45) is 0 Å². The van der Waals surface area contributed by atoms with Gasteiger partial charge in [0.25, 0.3) is 5.91 Å². The minimum Gasteiger partial charge on any atom is -0.462 e. The number of halogens is 2. The van der Waals surface area contributed by atoms with Gasteiger partial charge in [-0.15, -0.1) is 0 Å². The van der Waals surface area contributed by atoms with E-state index in [9.17, 15) is 9.59 Å². The van der Waals surface area contributed by atoms with E-state index in [1.54, 1.807) is 43.0 Å². The summed E-state index contributed by atoms with van der Waals surface area (Å²) in [4.78, 5) is 27.4. The number of esters is 1. The Kier molecular flexibility index (Phi) is 6.78. The molecule has 1 aliphatic rings. The molecule has 0 saturated heterocycles. The Labute approximate surface area is 180 Å². The Balaban J connectivity index is 1.98. The molecule has 150 valence electrons. The van der Waals surface area contributed by atoms with Crippen molar-refractivity contribution in [2.45, 2.75) is 20.3 Å². The summed E-state index contributed by atoms with van der Waals surface area (Å²) >= 11 is 12.4. The van der Waals surface area contributed by atoms with Gasteiger partial charge in [0.05, 0.1) is 27.8 Å². The van der Waals surface area contributed by atoms with Crippen molar-refractivity contribution in [3.8, 4) is 0 Å². The van der Waals surface area contributed by atoms with Gasteiger partial charge in [0, 0.05) is 12.2 Å². The largest absolute Gasteiger partial charge is 0.462 e. The summed E-state index contributed by atoms with van der Waals surface area (Å²) in [6.45, 7) is 4.17. The molecule has 0 atom stereocenters. The average molecular weight is 430 g/mol. The number of carbonyl (C=O) groups excluding carboxylic acids is 2. The zero-order valence-corrected chi connectivity index (χ0v) is 17.8. The monoisotopic (exact) mass is 429 g/mol. The smallest absolute Gasteiger partial charge is 0.340 e. The molecule has 29 heavy (non-hydrogen) atoms. The molecule has 0 saturated carbocycles. The minimum absolute atomic E-state index is 0.221. The van der Waals surface area contributed by atoms with E-state index in [0.717, 1.165) is 5.56 Å². The van der Waals surface area contributed by atoms with Crippen molar-refractivity contribution in [1.29, 1.82) is 0 Å². The fourth-order valence-electron chi connectivity index (χ4n) is 3.27. The van der Waals surface area contributed by atoms with Crippen molar-refractivity contribution in [1.82, 2.24) is 4.90 Å². The highest BCUT2D eigenvalue weighted by atomic mass is 35.5. The van der Waals surface area contributed by atoms with Gasteiger partial charge in [0.2, 0.25) is 0 Å². The zero-order valence-electron chi connectivity index (χ0n) is 16.2. The van der Waals surface area contributed by atoms with Crippen LogP contribution in [0.3, 0.4) is 0 Å². The molecule has 2 aromatic carbocycles. The summed E-state index contributed by atoms with van der Waals surface area (Å²) in [7, 11) is 0. The first kappa shape index (κ1) is 21.2. The molecule has 1 aliphatic heterocycles. The Bertz CT molecular complexity index is 996. The molecule has 0 radical (unpaired) electrons. The van der Waals surface area contributed by atoms with E-state index in [1.165, 1.54) is 0 Å². The maximum absolute atomic E-state index is 13.2.